The minimum absolute atomic E-state index is 0.0317. The fourth-order valence-corrected chi connectivity index (χ4v) is 4.95. The summed E-state index contributed by atoms with van der Waals surface area (Å²) in [6.45, 7) is 5.11. The van der Waals surface area contributed by atoms with E-state index in [1.165, 1.54) is 4.41 Å². The van der Waals surface area contributed by atoms with E-state index in [4.69, 9.17) is 0 Å². The van der Waals surface area contributed by atoms with Crippen LogP contribution < -0.4 is 4.72 Å². The molecular formula is C20H25N3O4S2. The van der Waals surface area contributed by atoms with Crippen LogP contribution in [0.15, 0.2) is 53.6 Å². The summed E-state index contributed by atoms with van der Waals surface area (Å²) < 4.78 is 52.9. The van der Waals surface area contributed by atoms with E-state index in [1.54, 1.807) is 38.1 Å². The predicted octanol–water partition coefficient (Wildman–Crippen LogP) is 3.26. The Balaban J connectivity index is 2.01. The normalized spacial score (nSPS) is 17.3. The molecule has 0 aromatic heterocycles. The lowest BCUT2D eigenvalue weighted by molar-refractivity contribution is 0.371. The molecule has 0 bridgehead atoms. The first-order valence-corrected chi connectivity index (χ1v) is 12.7. The summed E-state index contributed by atoms with van der Waals surface area (Å²) in [5, 5.41) is 4.44. The zero-order valence-corrected chi connectivity index (χ0v) is 18.3. The molecule has 0 radical (unpaired) electrons. The lowest BCUT2D eigenvalue weighted by atomic mass is 9.96. The third-order valence-corrected chi connectivity index (χ3v) is 7.86. The Kier molecular flexibility index (Phi) is 6.00. The molecule has 0 amide bonds. The maximum absolute atomic E-state index is 12.7. The van der Waals surface area contributed by atoms with E-state index in [-0.39, 0.29) is 11.5 Å². The van der Waals surface area contributed by atoms with E-state index < -0.39 is 26.1 Å². The molecule has 7 nitrogen and oxygen atoms in total. The number of benzene rings is 2. The number of nitrogens with one attached hydrogen (secondary N) is 1. The van der Waals surface area contributed by atoms with E-state index in [1.807, 2.05) is 31.2 Å². The lowest BCUT2D eigenvalue weighted by Crippen LogP contribution is -2.29. The first-order chi connectivity index (χ1) is 13.7. The van der Waals surface area contributed by atoms with Crippen LogP contribution in [0.1, 0.15) is 43.0 Å². The Morgan fingerprint density at radius 3 is 2.41 bits per heavy atom. The van der Waals surface area contributed by atoms with Crippen molar-refractivity contribution in [2.45, 2.75) is 33.2 Å². The Morgan fingerprint density at radius 1 is 1.03 bits per heavy atom. The van der Waals surface area contributed by atoms with Crippen molar-refractivity contribution in [3.8, 4) is 0 Å². The maximum Gasteiger partial charge on any atom is 0.250 e. The molecule has 0 saturated carbocycles. The van der Waals surface area contributed by atoms with Gasteiger partial charge in [-0.05, 0) is 49.6 Å². The molecule has 2 aromatic carbocycles. The second-order valence-electron chi connectivity index (χ2n) is 6.88. The number of hydrogen-bond acceptors (Lipinski definition) is 5. The van der Waals surface area contributed by atoms with Crippen LogP contribution in [-0.2, 0) is 20.0 Å². The molecule has 0 aliphatic carbocycles. The maximum atomic E-state index is 12.7. The number of hydrogen-bond donors (Lipinski definition) is 1. The Labute approximate surface area is 172 Å². The van der Waals surface area contributed by atoms with E-state index in [0.29, 0.717) is 23.4 Å². The summed E-state index contributed by atoms with van der Waals surface area (Å²) in [4.78, 5) is 0. The van der Waals surface area contributed by atoms with Gasteiger partial charge in [-0.3, -0.25) is 4.72 Å². The zero-order chi connectivity index (χ0) is 21.2. The third kappa shape index (κ3) is 4.62. The minimum Gasteiger partial charge on any atom is -0.284 e. The minimum atomic E-state index is -3.56. The molecule has 0 spiro atoms. The van der Waals surface area contributed by atoms with Crippen LogP contribution in [0.5, 0.6) is 0 Å². The van der Waals surface area contributed by atoms with Crippen molar-refractivity contribution in [3.05, 3.63) is 65.2 Å². The number of aryl methyl sites for hydroxylation is 1. The van der Waals surface area contributed by atoms with Crippen molar-refractivity contribution in [2.75, 3.05) is 16.2 Å². The van der Waals surface area contributed by atoms with Crippen molar-refractivity contribution in [3.63, 3.8) is 0 Å². The van der Waals surface area contributed by atoms with E-state index in [0.717, 1.165) is 11.1 Å². The van der Waals surface area contributed by atoms with Gasteiger partial charge in [0.05, 0.1) is 23.3 Å². The Morgan fingerprint density at radius 2 is 1.76 bits per heavy atom. The van der Waals surface area contributed by atoms with Gasteiger partial charge in [-0.2, -0.15) is 9.52 Å². The number of hydrazone groups is 1. The van der Waals surface area contributed by atoms with Crippen molar-refractivity contribution >= 4 is 31.4 Å². The van der Waals surface area contributed by atoms with Crippen molar-refractivity contribution < 1.29 is 16.8 Å². The molecule has 3 rings (SSSR count). The molecule has 0 unspecified atom stereocenters. The van der Waals surface area contributed by atoms with Crippen LogP contribution >= 0.6 is 0 Å². The van der Waals surface area contributed by atoms with E-state index in [2.05, 4.69) is 9.82 Å². The summed E-state index contributed by atoms with van der Waals surface area (Å²) in [5.41, 5.74) is 3.62. The summed E-state index contributed by atoms with van der Waals surface area (Å²) in [6.07, 6.45) is 0.411. The second kappa shape index (κ2) is 8.16. The van der Waals surface area contributed by atoms with Crippen LogP contribution in [0.25, 0.3) is 0 Å². The molecule has 1 atom stereocenters. The quantitative estimate of drug-likeness (QED) is 0.722. The van der Waals surface area contributed by atoms with E-state index in [9.17, 15) is 16.8 Å². The van der Waals surface area contributed by atoms with Gasteiger partial charge in [0.1, 0.15) is 0 Å². The third-order valence-electron chi connectivity index (χ3n) is 4.92. The molecule has 1 heterocycles. The van der Waals surface area contributed by atoms with Crippen LogP contribution in [-0.4, -0.2) is 38.5 Å². The van der Waals surface area contributed by atoms with Crippen molar-refractivity contribution in [2.24, 2.45) is 5.10 Å². The van der Waals surface area contributed by atoms with Gasteiger partial charge in [-0.25, -0.2) is 16.8 Å². The molecular weight excluding hydrogens is 410 g/mol. The predicted molar refractivity (Wildman–Crippen MR) is 116 cm³/mol. The molecule has 2 aromatic rings. The monoisotopic (exact) mass is 435 g/mol. The number of rotatable bonds is 7. The van der Waals surface area contributed by atoms with Crippen molar-refractivity contribution in [1.29, 1.82) is 0 Å². The standard InChI is InChI=1S/C20H25N3O4S2/c1-4-28(24,25)22-17-11-8-10-16(13-17)19-14-20(18-12-7-6-9-15(18)3)23(21-19)29(26,27)5-2/h6-13,20,22H,4-5,14H2,1-3H3/t20-/m0/s1. The topological polar surface area (TPSA) is 95.9 Å². The number of nitrogens with zero attached hydrogens (tertiary/aromatic N) is 2. The summed E-state index contributed by atoms with van der Waals surface area (Å²) in [6, 6.07) is 14.1. The number of sulfonamides is 2. The summed E-state index contributed by atoms with van der Waals surface area (Å²) in [7, 11) is -6.97. The van der Waals surface area contributed by atoms with Crippen LogP contribution in [0, 0.1) is 6.92 Å². The van der Waals surface area contributed by atoms with E-state index >= 15 is 0 Å². The fraction of sp³-hybridized carbons (Fsp3) is 0.350. The molecule has 0 saturated heterocycles. The highest BCUT2D eigenvalue weighted by atomic mass is 32.2. The lowest BCUT2D eigenvalue weighted by Gasteiger charge is -2.24. The Bertz CT molecular complexity index is 1140. The van der Waals surface area contributed by atoms with Crippen LogP contribution in [0.3, 0.4) is 0 Å². The first kappa shape index (κ1) is 21.3. The molecule has 0 fully saturated rings. The van der Waals surface area contributed by atoms with Gasteiger partial charge in [0, 0.05) is 12.1 Å². The van der Waals surface area contributed by atoms with Gasteiger partial charge in [-0.15, -0.1) is 0 Å². The molecule has 1 aliphatic heterocycles. The highest BCUT2D eigenvalue weighted by molar-refractivity contribution is 7.92. The molecule has 1 N–H and O–H groups in total. The second-order valence-corrected chi connectivity index (χ2v) is 11.0. The summed E-state index contributed by atoms with van der Waals surface area (Å²) >= 11 is 0. The van der Waals surface area contributed by atoms with Gasteiger partial charge in [-0.1, -0.05) is 36.4 Å². The molecule has 156 valence electrons. The molecule has 1 aliphatic rings. The van der Waals surface area contributed by atoms with Crippen LogP contribution in [0.2, 0.25) is 0 Å². The average Bonchev–Trinajstić information content (AvgIpc) is 3.14. The van der Waals surface area contributed by atoms with Gasteiger partial charge in [0.2, 0.25) is 20.0 Å². The first-order valence-electron chi connectivity index (χ1n) is 9.43. The van der Waals surface area contributed by atoms with Crippen molar-refractivity contribution in [1.82, 2.24) is 4.41 Å². The van der Waals surface area contributed by atoms with Crippen LogP contribution in [0.4, 0.5) is 5.69 Å². The van der Waals surface area contributed by atoms with Gasteiger partial charge in [0.15, 0.2) is 0 Å². The average molecular weight is 436 g/mol. The zero-order valence-electron chi connectivity index (χ0n) is 16.7. The highest BCUT2D eigenvalue weighted by Crippen LogP contribution is 2.36. The molecule has 29 heavy (non-hydrogen) atoms. The number of anilines is 1. The smallest absolute Gasteiger partial charge is 0.250 e. The Hall–Kier alpha value is -2.39. The summed E-state index contributed by atoms with van der Waals surface area (Å²) in [5.74, 6) is -0.0848. The molecule has 9 heteroatoms. The van der Waals surface area contributed by atoms with Gasteiger partial charge in [0.25, 0.3) is 0 Å². The fourth-order valence-electron chi connectivity index (χ4n) is 3.26. The SMILES string of the molecule is CCS(=O)(=O)Nc1cccc(C2=NN(S(=O)(=O)CC)[C@H](c3ccccc3C)C2)c1. The van der Waals surface area contributed by atoms with Gasteiger partial charge >= 0.3 is 0 Å². The highest BCUT2D eigenvalue weighted by Gasteiger charge is 2.36. The van der Waals surface area contributed by atoms with Gasteiger partial charge < -0.3 is 0 Å². The largest absolute Gasteiger partial charge is 0.284 e.